The van der Waals surface area contributed by atoms with Crippen LogP contribution in [0.15, 0.2) is 33.9 Å². The third-order valence-corrected chi connectivity index (χ3v) is 2.78. The van der Waals surface area contributed by atoms with Gasteiger partial charge in [0.05, 0.1) is 12.2 Å². The van der Waals surface area contributed by atoms with E-state index in [2.05, 4.69) is 0 Å². The molecule has 17 heavy (non-hydrogen) atoms. The highest BCUT2D eigenvalue weighted by atomic mass is 127. The number of esters is 1. The van der Waals surface area contributed by atoms with E-state index in [1.165, 1.54) is 28.3 Å². The quantitative estimate of drug-likeness (QED) is 0.516. The Kier molecular flexibility index (Phi) is 5.57. The monoisotopic (exact) mass is 350 g/mol. The zero-order valence-electron chi connectivity index (χ0n) is 9.19. The lowest BCUT2D eigenvalue weighted by Gasteiger charge is -2.13. The first-order valence-corrected chi connectivity index (χ1v) is 6.25. The standard InChI is InChI=1S/C12H12FIO3/c1-2-17-12(16)10(7-14)11(15)8-3-5-9(13)6-4-8/h3-7,11,15H,2H2,1H3/b10-7-/t11-/m1/s1. The van der Waals surface area contributed by atoms with Gasteiger partial charge in [-0.15, -0.1) is 0 Å². The largest absolute Gasteiger partial charge is 0.463 e. The van der Waals surface area contributed by atoms with Crippen molar-refractivity contribution in [2.45, 2.75) is 13.0 Å². The molecule has 1 atom stereocenters. The van der Waals surface area contributed by atoms with E-state index in [4.69, 9.17) is 4.74 Å². The third-order valence-electron chi connectivity index (χ3n) is 2.11. The van der Waals surface area contributed by atoms with E-state index in [-0.39, 0.29) is 12.2 Å². The number of aliphatic hydroxyl groups excluding tert-OH is 1. The molecule has 1 aromatic carbocycles. The minimum Gasteiger partial charge on any atom is -0.463 e. The van der Waals surface area contributed by atoms with E-state index < -0.39 is 17.9 Å². The van der Waals surface area contributed by atoms with Crippen LogP contribution in [0.2, 0.25) is 0 Å². The zero-order valence-corrected chi connectivity index (χ0v) is 11.3. The highest BCUT2D eigenvalue weighted by molar-refractivity contribution is 14.1. The van der Waals surface area contributed by atoms with Gasteiger partial charge >= 0.3 is 5.97 Å². The van der Waals surface area contributed by atoms with Gasteiger partial charge < -0.3 is 9.84 Å². The summed E-state index contributed by atoms with van der Waals surface area (Å²) in [6, 6.07) is 5.32. The molecule has 0 radical (unpaired) electrons. The van der Waals surface area contributed by atoms with Gasteiger partial charge in [0.25, 0.3) is 0 Å². The minimum atomic E-state index is -1.11. The van der Waals surface area contributed by atoms with E-state index >= 15 is 0 Å². The normalized spacial score (nSPS) is 13.3. The van der Waals surface area contributed by atoms with Gasteiger partial charge in [0.1, 0.15) is 11.9 Å². The highest BCUT2D eigenvalue weighted by Crippen LogP contribution is 2.24. The van der Waals surface area contributed by atoms with Crippen LogP contribution in [0.25, 0.3) is 0 Å². The average Bonchev–Trinajstić information content (AvgIpc) is 2.31. The molecule has 0 amide bonds. The van der Waals surface area contributed by atoms with Gasteiger partial charge in [-0.25, -0.2) is 9.18 Å². The van der Waals surface area contributed by atoms with Crippen molar-refractivity contribution in [3.05, 3.63) is 45.3 Å². The van der Waals surface area contributed by atoms with Gasteiger partial charge in [-0.05, 0) is 28.7 Å². The SMILES string of the molecule is CCOC(=O)/C(=C\I)[C@H](O)c1ccc(F)cc1. The maximum Gasteiger partial charge on any atom is 0.337 e. The van der Waals surface area contributed by atoms with E-state index in [0.717, 1.165) is 0 Å². The van der Waals surface area contributed by atoms with Crippen LogP contribution in [0.5, 0.6) is 0 Å². The summed E-state index contributed by atoms with van der Waals surface area (Å²) in [7, 11) is 0. The van der Waals surface area contributed by atoms with Crippen LogP contribution in [0.4, 0.5) is 4.39 Å². The lowest BCUT2D eigenvalue weighted by atomic mass is 10.0. The molecule has 0 bridgehead atoms. The van der Waals surface area contributed by atoms with E-state index in [1.54, 1.807) is 6.92 Å². The van der Waals surface area contributed by atoms with Crippen LogP contribution in [-0.2, 0) is 9.53 Å². The molecule has 1 rings (SSSR count). The number of hydrogen-bond acceptors (Lipinski definition) is 3. The summed E-state index contributed by atoms with van der Waals surface area (Å²) < 4.78 is 19.0. The first-order chi connectivity index (χ1) is 8.10. The van der Waals surface area contributed by atoms with E-state index in [9.17, 15) is 14.3 Å². The molecule has 0 spiro atoms. The summed E-state index contributed by atoms with van der Waals surface area (Å²) in [4.78, 5) is 11.5. The number of hydrogen-bond donors (Lipinski definition) is 1. The van der Waals surface area contributed by atoms with E-state index in [1.807, 2.05) is 22.6 Å². The van der Waals surface area contributed by atoms with Gasteiger partial charge in [-0.1, -0.05) is 34.7 Å². The predicted molar refractivity (Wildman–Crippen MR) is 70.1 cm³/mol. The molecule has 92 valence electrons. The first kappa shape index (κ1) is 14.1. The first-order valence-electron chi connectivity index (χ1n) is 5.01. The summed E-state index contributed by atoms with van der Waals surface area (Å²) in [5.74, 6) is -0.962. The summed E-state index contributed by atoms with van der Waals surface area (Å²) in [5, 5.41) is 9.97. The average molecular weight is 350 g/mol. The fourth-order valence-electron chi connectivity index (χ4n) is 1.25. The molecular formula is C12H12FIO3. The van der Waals surface area contributed by atoms with Crippen molar-refractivity contribution >= 4 is 28.6 Å². The number of rotatable bonds is 4. The molecule has 5 heteroatoms. The Labute approximate surface area is 112 Å². The van der Waals surface area contributed by atoms with Crippen molar-refractivity contribution in [3.8, 4) is 0 Å². The molecule has 0 saturated carbocycles. The van der Waals surface area contributed by atoms with Crippen LogP contribution < -0.4 is 0 Å². The van der Waals surface area contributed by atoms with Gasteiger partial charge in [0.15, 0.2) is 0 Å². The van der Waals surface area contributed by atoms with Gasteiger partial charge in [-0.3, -0.25) is 0 Å². The van der Waals surface area contributed by atoms with Crippen molar-refractivity contribution in [1.29, 1.82) is 0 Å². The Balaban J connectivity index is 2.90. The Hall–Kier alpha value is -0.950. The molecule has 1 N–H and O–H groups in total. The second-order valence-corrected chi connectivity index (χ2v) is 3.86. The molecule has 0 aromatic heterocycles. The Morgan fingerprint density at radius 2 is 2.12 bits per heavy atom. The maximum atomic E-state index is 12.7. The maximum absolute atomic E-state index is 12.7. The molecule has 3 nitrogen and oxygen atoms in total. The van der Waals surface area contributed by atoms with Crippen molar-refractivity contribution in [2.75, 3.05) is 6.61 Å². The smallest absolute Gasteiger partial charge is 0.337 e. The molecular weight excluding hydrogens is 338 g/mol. The molecule has 0 fully saturated rings. The number of aliphatic hydroxyl groups is 1. The summed E-state index contributed by atoms with van der Waals surface area (Å²) in [6.07, 6.45) is -1.11. The lowest BCUT2D eigenvalue weighted by Crippen LogP contribution is -2.14. The number of halogens is 2. The van der Waals surface area contributed by atoms with Gasteiger partial charge in [0.2, 0.25) is 0 Å². The molecule has 0 aliphatic heterocycles. The minimum absolute atomic E-state index is 0.138. The molecule has 0 unspecified atom stereocenters. The van der Waals surface area contributed by atoms with Crippen LogP contribution in [0.1, 0.15) is 18.6 Å². The topological polar surface area (TPSA) is 46.5 Å². The van der Waals surface area contributed by atoms with Crippen molar-refractivity contribution in [2.24, 2.45) is 0 Å². The predicted octanol–water partition coefficient (Wildman–Crippen LogP) is 2.74. The molecule has 0 saturated heterocycles. The van der Waals surface area contributed by atoms with Crippen molar-refractivity contribution in [1.82, 2.24) is 0 Å². The van der Waals surface area contributed by atoms with Crippen molar-refractivity contribution in [3.63, 3.8) is 0 Å². The fourth-order valence-corrected chi connectivity index (χ4v) is 1.85. The number of ether oxygens (including phenoxy) is 1. The van der Waals surface area contributed by atoms with E-state index in [0.29, 0.717) is 5.56 Å². The second kappa shape index (κ2) is 6.70. The van der Waals surface area contributed by atoms with Crippen LogP contribution in [0.3, 0.4) is 0 Å². The highest BCUT2D eigenvalue weighted by Gasteiger charge is 2.21. The summed E-state index contributed by atoms with van der Waals surface area (Å²) in [5.41, 5.74) is 0.585. The second-order valence-electron chi connectivity index (χ2n) is 3.24. The van der Waals surface area contributed by atoms with Crippen LogP contribution in [-0.4, -0.2) is 17.7 Å². The molecule has 1 aromatic rings. The number of carbonyl (C=O) groups is 1. The van der Waals surface area contributed by atoms with Gasteiger partial charge in [0, 0.05) is 0 Å². The Bertz CT molecular complexity index is 414. The number of benzene rings is 1. The van der Waals surface area contributed by atoms with Crippen molar-refractivity contribution < 1.29 is 19.0 Å². The molecule has 0 aliphatic rings. The zero-order chi connectivity index (χ0) is 12.8. The Morgan fingerprint density at radius 3 is 2.59 bits per heavy atom. The van der Waals surface area contributed by atoms with Crippen LogP contribution in [0, 0.1) is 5.82 Å². The molecule has 0 heterocycles. The molecule has 0 aliphatic carbocycles. The third kappa shape index (κ3) is 3.78. The fraction of sp³-hybridized carbons (Fsp3) is 0.250. The lowest BCUT2D eigenvalue weighted by molar-refractivity contribution is -0.139. The van der Waals surface area contributed by atoms with Gasteiger partial charge in [-0.2, -0.15) is 0 Å². The Morgan fingerprint density at radius 1 is 1.53 bits per heavy atom. The summed E-state index contributed by atoms with van der Waals surface area (Å²) >= 11 is 1.86. The number of carbonyl (C=O) groups excluding carboxylic acids is 1. The summed E-state index contributed by atoms with van der Waals surface area (Å²) in [6.45, 7) is 1.93. The van der Waals surface area contributed by atoms with Crippen LogP contribution >= 0.6 is 22.6 Å².